The fourth-order valence-electron chi connectivity index (χ4n) is 0.588. The Hall–Kier alpha value is 0.870. The first-order valence-electron chi connectivity index (χ1n) is 3.56. The average Bonchev–Trinajstić information content (AvgIpc) is 1.78. The molecule has 0 amide bonds. The van der Waals surface area contributed by atoms with Crippen LogP contribution in [0.5, 0.6) is 0 Å². The van der Waals surface area contributed by atoms with Crippen molar-refractivity contribution in [3.63, 3.8) is 0 Å². The molecule has 0 saturated carbocycles. The Balaban J connectivity index is 0. The third kappa shape index (κ3) is 13.5. The van der Waals surface area contributed by atoms with Gasteiger partial charge in [0.05, 0.1) is 15.9 Å². The molecule has 0 spiro atoms. The second-order valence-electron chi connectivity index (χ2n) is 2.86. The molecule has 12 heavy (non-hydrogen) atoms. The number of hydrogen-bond donors (Lipinski definition) is 1. The second kappa shape index (κ2) is 7.29. The van der Waals surface area contributed by atoms with Crippen molar-refractivity contribution < 1.29 is 42.5 Å². The van der Waals surface area contributed by atoms with Crippen molar-refractivity contribution in [2.75, 3.05) is 18.8 Å². The maximum atomic E-state index is 10.1. The molecule has 0 saturated heterocycles. The van der Waals surface area contributed by atoms with Crippen molar-refractivity contribution in [1.29, 1.82) is 0 Å². The van der Waals surface area contributed by atoms with Gasteiger partial charge in [0.25, 0.3) is 0 Å². The molecule has 0 aromatic rings. The molecule has 1 N–H and O–H groups in total. The van der Waals surface area contributed by atoms with E-state index in [1.165, 1.54) is 0 Å². The van der Waals surface area contributed by atoms with Crippen LogP contribution in [0, 0.1) is 5.92 Å². The molecule has 0 aromatic heterocycles. The van der Waals surface area contributed by atoms with Crippen LogP contribution in [0.1, 0.15) is 13.8 Å². The van der Waals surface area contributed by atoms with E-state index >= 15 is 0 Å². The van der Waals surface area contributed by atoms with Crippen molar-refractivity contribution in [2.24, 2.45) is 5.92 Å². The van der Waals surface area contributed by atoms with E-state index in [1.54, 1.807) is 0 Å². The zero-order valence-electron chi connectivity index (χ0n) is 7.83. The van der Waals surface area contributed by atoms with Gasteiger partial charge >= 0.3 is 29.6 Å². The van der Waals surface area contributed by atoms with Gasteiger partial charge in [-0.2, -0.15) is 0 Å². The maximum Gasteiger partial charge on any atom is 1.00 e. The molecule has 0 rings (SSSR count). The molecular formula is C6H14NNaO3S. The summed E-state index contributed by atoms with van der Waals surface area (Å²) in [6, 6.07) is 0. The fourth-order valence-corrected chi connectivity index (χ4v) is 0.982. The van der Waals surface area contributed by atoms with E-state index in [1.807, 2.05) is 13.8 Å². The van der Waals surface area contributed by atoms with Gasteiger partial charge in [0.1, 0.15) is 0 Å². The van der Waals surface area contributed by atoms with Gasteiger partial charge in [0.2, 0.25) is 0 Å². The van der Waals surface area contributed by atoms with Crippen LogP contribution < -0.4 is 34.9 Å². The smallest absolute Gasteiger partial charge is 0.748 e. The van der Waals surface area contributed by atoms with Crippen LogP contribution in [0.3, 0.4) is 0 Å². The normalized spacial score (nSPS) is 11.3. The Labute approximate surface area is 96.2 Å². The summed E-state index contributed by atoms with van der Waals surface area (Å²) < 4.78 is 30.2. The standard InChI is InChI=1S/C6H15NO3S.Na/c1-6(2)5-7-3-4-11(8,9)10;/h6-7H,3-5H2,1-2H3,(H,8,9,10);/q;+1/p-1. The summed E-state index contributed by atoms with van der Waals surface area (Å²) in [4.78, 5) is 0. The van der Waals surface area contributed by atoms with E-state index in [-0.39, 0.29) is 41.9 Å². The van der Waals surface area contributed by atoms with Gasteiger partial charge in [-0.15, -0.1) is 0 Å². The molecule has 0 bridgehead atoms. The van der Waals surface area contributed by atoms with Crippen LogP contribution >= 0.6 is 0 Å². The molecule has 0 heterocycles. The number of hydrogen-bond acceptors (Lipinski definition) is 4. The van der Waals surface area contributed by atoms with Gasteiger partial charge in [0, 0.05) is 6.54 Å². The van der Waals surface area contributed by atoms with Crippen molar-refractivity contribution >= 4 is 10.1 Å². The van der Waals surface area contributed by atoms with Crippen LogP contribution in [0.2, 0.25) is 0 Å². The predicted octanol–water partition coefficient (Wildman–Crippen LogP) is -3.22. The van der Waals surface area contributed by atoms with Gasteiger partial charge < -0.3 is 9.87 Å². The predicted molar refractivity (Wildman–Crippen MR) is 42.3 cm³/mol. The largest absolute Gasteiger partial charge is 1.00 e. The van der Waals surface area contributed by atoms with Gasteiger partial charge in [-0.1, -0.05) is 13.8 Å². The first kappa shape index (κ1) is 15.3. The van der Waals surface area contributed by atoms with Crippen LogP contribution in [-0.4, -0.2) is 31.8 Å². The minimum atomic E-state index is -4.03. The molecule has 6 heteroatoms. The third-order valence-corrected chi connectivity index (χ3v) is 1.79. The molecule has 0 radical (unpaired) electrons. The number of rotatable bonds is 5. The maximum absolute atomic E-state index is 10.1. The van der Waals surface area contributed by atoms with Gasteiger partial charge in [-0.25, -0.2) is 8.42 Å². The molecule has 68 valence electrons. The summed E-state index contributed by atoms with van der Waals surface area (Å²) >= 11 is 0. The monoisotopic (exact) mass is 203 g/mol. The molecule has 0 aliphatic carbocycles. The van der Waals surface area contributed by atoms with E-state index in [2.05, 4.69) is 5.32 Å². The molecule has 0 aliphatic heterocycles. The molecule has 0 aromatic carbocycles. The van der Waals surface area contributed by atoms with Gasteiger partial charge in [0.15, 0.2) is 0 Å². The zero-order chi connectivity index (χ0) is 8.91. The summed E-state index contributed by atoms with van der Waals surface area (Å²) in [7, 11) is -4.03. The Morgan fingerprint density at radius 1 is 1.42 bits per heavy atom. The van der Waals surface area contributed by atoms with Crippen molar-refractivity contribution in [1.82, 2.24) is 5.32 Å². The van der Waals surface area contributed by atoms with Crippen molar-refractivity contribution in [2.45, 2.75) is 13.8 Å². The topological polar surface area (TPSA) is 69.2 Å². The zero-order valence-corrected chi connectivity index (χ0v) is 10.6. The van der Waals surface area contributed by atoms with E-state index < -0.39 is 10.1 Å². The molecule has 0 atom stereocenters. The van der Waals surface area contributed by atoms with Gasteiger partial charge in [-0.3, -0.25) is 0 Å². The summed E-state index contributed by atoms with van der Waals surface area (Å²) in [5.74, 6) is 0.157. The second-order valence-corrected chi connectivity index (χ2v) is 4.38. The van der Waals surface area contributed by atoms with Crippen LogP contribution in [0.15, 0.2) is 0 Å². The minimum Gasteiger partial charge on any atom is -0.748 e. The summed E-state index contributed by atoms with van der Waals surface area (Å²) in [6.45, 7) is 5.02. The number of nitrogens with one attached hydrogen (secondary N) is 1. The minimum absolute atomic E-state index is 0. The van der Waals surface area contributed by atoms with E-state index in [4.69, 9.17) is 0 Å². The fraction of sp³-hybridized carbons (Fsp3) is 1.00. The molecular weight excluding hydrogens is 189 g/mol. The van der Waals surface area contributed by atoms with E-state index in [0.717, 1.165) is 6.54 Å². The Bertz CT molecular complexity index is 191. The quantitative estimate of drug-likeness (QED) is 0.290. The van der Waals surface area contributed by atoms with Gasteiger partial charge in [-0.05, 0) is 12.5 Å². The van der Waals surface area contributed by atoms with Crippen LogP contribution in [0.4, 0.5) is 0 Å². The third-order valence-electron chi connectivity index (χ3n) is 1.08. The summed E-state index contributed by atoms with van der Waals surface area (Å²) in [6.07, 6.45) is 0. The molecule has 0 unspecified atom stereocenters. The van der Waals surface area contributed by atoms with E-state index in [9.17, 15) is 13.0 Å². The summed E-state index contributed by atoms with van der Waals surface area (Å²) in [5, 5.41) is 2.86. The van der Waals surface area contributed by atoms with Crippen molar-refractivity contribution in [3.05, 3.63) is 0 Å². The van der Waals surface area contributed by atoms with E-state index in [0.29, 0.717) is 5.92 Å². The Morgan fingerprint density at radius 3 is 2.25 bits per heavy atom. The summed E-state index contributed by atoms with van der Waals surface area (Å²) in [5.41, 5.74) is 0. The van der Waals surface area contributed by atoms with Crippen LogP contribution in [-0.2, 0) is 10.1 Å². The SMILES string of the molecule is CC(C)CNCCS(=O)(=O)[O-].[Na+]. The Kier molecular flexibility index (Phi) is 9.32. The molecule has 0 aliphatic rings. The average molecular weight is 203 g/mol. The first-order valence-corrected chi connectivity index (χ1v) is 5.14. The molecule has 4 nitrogen and oxygen atoms in total. The Morgan fingerprint density at radius 2 is 1.92 bits per heavy atom. The van der Waals surface area contributed by atoms with Crippen molar-refractivity contribution in [3.8, 4) is 0 Å². The van der Waals surface area contributed by atoms with Crippen LogP contribution in [0.25, 0.3) is 0 Å². The molecule has 0 fully saturated rings. The first-order chi connectivity index (χ1) is 4.92.